The van der Waals surface area contributed by atoms with E-state index in [0.717, 1.165) is 31.4 Å². The largest absolute Gasteiger partial charge is 0.378 e. The van der Waals surface area contributed by atoms with Crippen LogP contribution in [0.25, 0.3) is 0 Å². The first-order chi connectivity index (χ1) is 11.5. The molecule has 0 saturated carbocycles. The van der Waals surface area contributed by atoms with Crippen LogP contribution in [0.1, 0.15) is 38.2 Å². The molecule has 2 N–H and O–H groups in total. The third kappa shape index (κ3) is 5.89. The fourth-order valence-electron chi connectivity index (χ4n) is 2.70. The van der Waals surface area contributed by atoms with Crippen LogP contribution in [0.5, 0.6) is 0 Å². The quantitative estimate of drug-likeness (QED) is 0.743. The predicted molar refractivity (Wildman–Crippen MR) is 92.2 cm³/mol. The molecule has 6 nitrogen and oxygen atoms in total. The third-order valence-electron chi connectivity index (χ3n) is 3.99. The zero-order valence-corrected chi connectivity index (χ0v) is 14.9. The summed E-state index contributed by atoms with van der Waals surface area (Å²) in [6.07, 6.45) is 4.29. The highest BCUT2D eigenvalue weighted by atomic mass is 32.2. The number of hydrogen-bond acceptors (Lipinski definition) is 4. The summed E-state index contributed by atoms with van der Waals surface area (Å²) in [5.41, 5.74) is 0.986. The Morgan fingerprint density at radius 1 is 1.25 bits per heavy atom. The third-order valence-corrected chi connectivity index (χ3v) is 5.55. The van der Waals surface area contributed by atoms with Crippen LogP contribution in [0, 0.1) is 0 Å². The molecule has 1 atom stereocenters. The summed E-state index contributed by atoms with van der Waals surface area (Å²) in [6, 6.07) is 6.73. The normalized spacial score (nSPS) is 18.3. The van der Waals surface area contributed by atoms with E-state index in [0.29, 0.717) is 25.9 Å². The highest BCUT2D eigenvalue weighted by Crippen LogP contribution is 2.15. The van der Waals surface area contributed by atoms with Crippen molar-refractivity contribution in [3.05, 3.63) is 29.8 Å². The number of carbonyl (C=O) groups is 1. The van der Waals surface area contributed by atoms with Crippen molar-refractivity contribution in [2.45, 2.75) is 50.0 Å². The lowest BCUT2D eigenvalue weighted by atomic mass is 10.1. The molecule has 0 aromatic heterocycles. The SMILES string of the molecule is CCNS(=O)(=O)c1ccc(CCNC(=O)CC2CCCCO2)cc1. The number of ether oxygens (including phenoxy) is 1. The van der Waals surface area contributed by atoms with Crippen LogP contribution in [-0.2, 0) is 26.0 Å². The van der Waals surface area contributed by atoms with Gasteiger partial charge < -0.3 is 10.1 Å². The van der Waals surface area contributed by atoms with Crippen molar-refractivity contribution in [1.29, 1.82) is 0 Å². The second-order valence-electron chi connectivity index (χ2n) is 5.94. The molecule has 1 amide bonds. The fraction of sp³-hybridized carbons (Fsp3) is 0.588. The van der Waals surface area contributed by atoms with Crippen molar-refractivity contribution >= 4 is 15.9 Å². The number of hydrogen-bond donors (Lipinski definition) is 2. The number of sulfonamides is 1. The van der Waals surface area contributed by atoms with Crippen LogP contribution in [-0.4, -0.2) is 40.1 Å². The summed E-state index contributed by atoms with van der Waals surface area (Å²) in [6.45, 7) is 3.39. The minimum absolute atomic E-state index is 0.00763. The van der Waals surface area contributed by atoms with Gasteiger partial charge in [-0.1, -0.05) is 19.1 Å². The lowest BCUT2D eigenvalue weighted by Gasteiger charge is -2.21. The van der Waals surface area contributed by atoms with Gasteiger partial charge in [0, 0.05) is 19.7 Å². The number of amides is 1. The van der Waals surface area contributed by atoms with Crippen LogP contribution < -0.4 is 10.0 Å². The lowest BCUT2D eigenvalue weighted by Crippen LogP contribution is -2.31. The number of carbonyl (C=O) groups excluding carboxylic acids is 1. The van der Waals surface area contributed by atoms with Gasteiger partial charge in [0.25, 0.3) is 0 Å². The summed E-state index contributed by atoms with van der Waals surface area (Å²) in [5.74, 6) is 0.00763. The zero-order chi connectivity index (χ0) is 17.4. The monoisotopic (exact) mass is 354 g/mol. The molecule has 134 valence electrons. The number of benzene rings is 1. The van der Waals surface area contributed by atoms with Crippen molar-refractivity contribution in [2.75, 3.05) is 19.7 Å². The Hall–Kier alpha value is -1.44. The first-order valence-electron chi connectivity index (χ1n) is 8.48. The average molecular weight is 354 g/mol. The molecule has 1 aromatic rings. The first kappa shape index (κ1) is 18.9. The molecule has 1 fully saturated rings. The minimum Gasteiger partial charge on any atom is -0.378 e. The van der Waals surface area contributed by atoms with Gasteiger partial charge in [-0.05, 0) is 43.4 Å². The van der Waals surface area contributed by atoms with Gasteiger partial charge in [-0.2, -0.15) is 0 Å². The summed E-state index contributed by atoms with van der Waals surface area (Å²) in [7, 11) is -3.41. The Labute approximate surface area is 144 Å². The maximum Gasteiger partial charge on any atom is 0.240 e. The molecule has 0 radical (unpaired) electrons. The van der Waals surface area contributed by atoms with Crippen LogP contribution in [0.4, 0.5) is 0 Å². The van der Waals surface area contributed by atoms with Gasteiger partial charge in [0.1, 0.15) is 0 Å². The van der Waals surface area contributed by atoms with Gasteiger partial charge in [0.2, 0.25) is 15.9 Å². The molecule has 1 saturated heterocycles. The van der Waals surface area contributed by atoms with Gasteiger partial charge >= 0.3 is 0 Å². The second kappa shape index (κ2) is 9.15. The van der Waals surface area contributed by atoms with E-state index in [1.807, 2.05) is 0 Å². The Balaban J connectivity index is 1.75. The van der Waals surface area contributed by atoms with E-state index in [9.17, 15) is 13.2 Å². The molecule has 1 heterocycles. The molecule has 7 heteroatoms. The van der Waals surface area contributed by atoms with Crippen molar-refractivity contribution in [1.82, 2.24) is 10.0 Å². The molecule has 0 spiro atoms. The Bertz CT molecular complexity index is 622. The molecule has 24 heavy (non-hydrogen) atoms. The van der Waals surface area contributed by atoms with E-state index in [4.69, 9.17) is 4.74 Å². The smallest absolute Gasteiger partial charge is 0.240 e. The van der Waals surface area contributed by atoms with E-state index < -0.39 is 10.0 Å². The summed E-state index contributed by atoms with van der Waals surface area (Å²) in [4.78, 5) is 12.1. The predicted octanol–water partition coefficient (Wildman–Crippen LogP) is 1.60. The van der Waals surface area contributed by atoms with Crippen LogP contribution in [0.15, 0.2) is 29.2 Å². The molecule has 1 aliphatic heterocycles. The Kier molecular flexibility index (Phi) is 7.20. The molecular weight excluding hydrogens is 328 g/mol. The summed E-state index contributed by atoms with van der Waals surface area (Å²) >= 11 is 0. The van der Waals surface area contributed by atoms with Crippen molar-refractivity contribution in [2.24, 2.45) is 0 Å². The highest BCUT2D eigenvalue weighted by molar-refractivity contribution is 7.89. The van der Waals surface area contributed by atoms with Crippen LogP contribution >= 0.6 is 0 Å². The highest BCUT2D eigenvalue weighted by Gasteiger charge is 2.17. The first-order valence-corrected chi connectivity index (χ1v) is 9.96. The maximum atomic E-state index is 11.9. The average Bonchev–Trinajstić information content (AvgIpc) is 2.56. The van der Waals surface area contributed by atoms with Crippen molar-refractivity contribution in [3.8, 4) is 0 Å². The molecule has 0 bridgehead atoms. The molecule has 0 aliphatic carbocycles. The van der Waals surface area contributed by atoms with Crippen LogP contribution in [0.3, 0.4) is 0 Å². The summed E-state index contributed by atoms with van der Waals surface area (Å²) in [5, 5.41) is 2.89. The number of nitrogens with one attached hydrogen (secondary N) is 2. The van der Waals surface area contributed by atoms with E-state index >= 15 is 0 Å². The minimum atomic E-state index is -3.41. The van der Waals surface area contributed by atoms with Crippen molar-refractivity contribution < 1.29 is 17.9 Å². The van der Waals surface area contributed by atoms with Gasteiger partial charge in [0.15, 0.2) is 0 Å². The second-order valence-corrected chi connectivity index (χ2v) is 7.70. The molecule has 2 rings (SSSR count). The van der Waals surface area contributed by atoms with E-state index in [1.54, 1.807) is 31.2 Å². The maximum absolute atomic E-state index is 11.9. The summed E-state index contributed by atoms with van der Waals surface area (Å²) < 4.78 is 31.7. The fourth-order valence-corrected chi connectivity index (χ4v) is 3.74. The van der Waals surface area contributed by atoms with Gasteiger partial charge in [0.05, 0.1) is 17.4 Å². The molecule has 1 aromatic carbocycles. The molecular formula is C17H26N2O4S. The number of rotatable bonds is 8. The Morgan fingerprint density at radius 2 is 2.00 bits per heavy atom. The Morgan fingerprint density at radius 3 is 2.62 bits per heavy atom. The van der Waals surface area contributed by atoms with E-state index in [1.165, 1.54) is 0 Å². The van der Waals surface area contributed by atoms with E-state index in [2.05, 4.69) is 10.0 Å². The van der Waals surface area contributed by atoms with Crippen LogP contribution in [0.2, 0.25) is 0 Å². The van der Waals surface area contributed by atoms with E-state index in [-0.39, 0.29) is 16.9 Å². The zero-order valence-electron chi connectivity index (χ0n) is 14.1. The standard InChI is InChI=1S/C17H26N2O4S/c1-2-19-24(21,22)16-8-6-14(7-9-16)10-11-18-17(20)13-15-5-3-4-12-23-15/h6-9,15,19H,2-5,10-13H2,1H3,(H,18,20). The van der Waals surface area contributed by atoms with Gasteiger partial charge in [-0.15, -0.1) is 0 Å². The van der Waals surface area contributed by atoms with Gasteiger partial charge in [-0.25, -0.2) is 13.1 Å². The van der Waals surface area contributed by atoms with Gasteiger partial charge in [-0.3, -0.25) is 4.79 Å². The van der Waals surface area contributed by atoms with Crippen molar-refractivity contribution in [3.63, 3.8) is 0 Å². The lowest BCUT2D eigenvalue weighted by molar-refractivity contribution is -0.124. The molecule has 1 aliphatic rings. The molecule has 1 unspecified atom stereocenters. The topological polar surface area (TPSA) is 84.5 Å².